The van der Waals surface area contributed by atoms with Crippen LogP contribution in [0.15, 0.2) is 54.7 Å². The van der Waals surface area contributed by atoms with E-state index in [1.165, 1.54) is 5.56 Å². The van der Waals surface area contributed by atoms with Gasteiger partial charge in [-0.25, -0.2) is 0 Å². The van der Waals surface area contributed by atoms with Gasteiger partial charge in [0.2, 0.25) is 0 Å². The maximum Gasteiger partial charge on any atom is 0.303 e. The molecular formula is C30H38N2O5. The van der Waals surface area contributed by atoms with Crippen molar-refractivity contribution >= 4 is 16.9 Å². The van der Waals surface area contributed by atoms with Crippen molar-refractivity contribution in [3.8, 4) is 11.5 Å². The van der Waals surface area contributed by atoms with Gasteiger partial charge in [0.1, 0.15) is 11.5 Å². The van der Waals surface area contributed by atoms with Crippen LogP contribution in [-0.4, -0.2) is 59.9 Å². The van der Waals surface area contributed by atoms with Crippen LogP contribution in [0.2, 0.25) is 0 Å². The Labute approximate surface area is 219 Å². The molecule has 7 nitrogen and oxygen atoms in total. The molecular weight excluding hydrogens is 468 g/mol. The lowest BCUT2D eigenvalue weighted by Crippen LogP contribution is -2.42. The van der Waals surface area contributed by atoms with Crippen molar-refractivity contribution in [3.63, 3.8) is 0 Å². The van der Waals surface area contributed by atoms with Gasteiger partial charge in [0.25, 0.3) is 0 Å². The van der Waals surface area contributed by atoms with Gasteiger partial charge in [0, 0.05) is 24.5 Å². The summed E-state index contributed by atoms with van der Waals surface area (Å²) in [7, 11) is 3.33. The van der Waals surface area contributed by atoms with Gasteiger partial charge >= 0.3 is 5.97 Å². The number of methoxy groups -OCH3 is 2. The minimum absolute atomic E-state index is 0.0824. The number of aromatic nitrogens is 1. The third-order valence-corrected chi connectivity index (χ3v) is 7.68. The summed E-state index contributed by atoms with van der Waals surface area (Å²) < 4.78 is 10.8. The van der Waals surface area contributed by atoms with Crippen LogP contribution in [0, 0.1) is 11.8 Å². The summed E-state index contributed by atoms with van der Waals surface area (Å²) in [6.45, 7) is 2.68. The molecule has 2 N–H and O–H groups in total. The first-order valence-electron chi connectivity index (χ1n) is 13.1. The Bertz CT molecular complexity index is 1180. The quantitative estimate of drug-likeness (QED) is 0.353. The summed E-state index contributed by atoms with van der Waals surface area (Å²) in [5.41, 5.74) is 2.87. The fourth-order valence-electron chi connectivity index (χ4n) is 5.69. The third-order valence-electron chi connectivity index (χ3n) is 7.68. The molecule has 37 heavy (non-hydrogen) atoms. The van der Waals surface area contributed by atoms with Crippen molar-refractivity contribution in [2.24, 2.45) is 11.8 Å². The first-order valence-corrected chi connectivity index (χ1v) is 13.1. The Balaban J connectivity index is 1.35. The molecule has 2 heterocycles. The number of rotatable bonds is 12. The molecule has 0 amide bonds. The van der Waals surface area contributed by atoms with E-state index in [1.54, 1.807) is 20.4 Å². The van der Waals surface area contributed by atoms with Crippen LogP contribution in [0.3, 0.4) is 0 Å². The van der Waals surface area contributed by atoms with E-state index in [0.29, 0.717) is 6.42 Å². The van der Waals surface area contributed by atoms with Crippen molar-refractivity contribution in [2.45, 2.75) is 44.6 Å². The molecule has 7 heteroatoms. The average Bonchev–Trinajstić information content (AvgIpc) is 2.91. The Morgan fingerprint density at radius 3 is 2.76 bits per heavy atom. The number of ether oxygens (including phenoxy) is 2. The summed E-state index contributed by atoms with van der Waals surface area (Å²) in [6, 6.07) is 15.7. The van der Waals surface area contributed by atoms with Gasteiger partial charge < -0.3 is 24.6 Å². The van der Waals surface area contributed by atoms with Crippen molar-refractivity contribution < 1.29 is 24.5 Å². The number of carboxylic acids is 1. The number of aliphatic hydroxyl groups excluding tert-OH is 1. The van der Waals surface area contributed by atoms with E-state index in [2.05, 4.69) is 16.0 Å². The molecule has 1 unspecified atom stereocenters. The second-order valence-electron chi connectivity index (χ2n) is 10.00. The molecule has 0 spiro atoms. The van der Waals surface area contributed by atoms with Crippen LogP contribution in [0.1, 0.15) is 49.3 Å². The monoisotopic (exact) mass is 506 g/mol. The molecule has 1 aliphatic heterocycles. The lowest BCUT2D eigenvalue weighted by Gasteiger charge is -2.38. The topological polar surface area (TPSA) is 92.1 Å². The predicted molar refractivity (Wildman–Crippen MR) is 144 cm³/mol. The van der Waals surface area contributed by atoms with E-state index in [9.17, 15) is 15.0 Å². The van der Waals surface area contributed by atoms with E-state index in [4.69, 9.17) is 9.47 Å². The smallest absolute Gasteiger partial charge is 0.303 e. The highest BCUT2D eigenvalue weighted by atomic mass is 16.5. The zero-order valence-corrected chi connectivity index (χ0v) is 21.8. The zero-order valence-electron chi connectivity index (χ0n) is 21.8. The number of para-hydroxylation sites is 1. The van der Waals surface area contributed by atoms with Crippen LogP contribution in [0.4, 0.5) is 0 Å². The molecule has 0 saturated carbocycles. The molecule has 1 aromatic heterocycles. The predicted octanol–water partition coefficient (Wildman–Crippen LogP) is 5.11. The number of carbonyl (C=O) groups is 1. The molecule has 3 atom stereocenters. The van der Waals surface area contributed by atoms with Crippen LogP contribution < -0.4 is 9.47 Å². The van der Waals surface area contributed by atoms with Gasteiger partial charge in [-0.2, -0.15) is 0 Å². The number of fused-ring (bicyclic) bond motifs is 1. The molecule has 0 aliphatic carbocycles. The fourth-order valence-corrected chi connectivity index (χ4v) is 5.69. The normalized spacial score (nSPS) is 19.0. The van der Waals surface area contributed by atoms with Crippen molar-refractivity contribution in [1.82, 2.24) is 9.88 Å². The Hall–Kier alpha value is -3.16. The number of aliphatic carboxylic acids is 1. The molecule has 1 aliphatic rings. The molecule has 198 valence electrons. The van der Waals surface area contributed by atoms with E-state index in [-0.39, 0.29) is 18.3 Å². The second kappa shape index (κ2) is 12.9. The standard InChI is InChI=1S/C30H38N2O5/c1-36-24-10-11-27-26(19-24)25(13-15-31-27)28(33)12-9-21-14-17-32(20-23(21)18-30(34)35)16-5-7-22-6-3-4-8-29(22)37-2/h3-4,6,8,10-11,13,15,19,21,23,28,33H,5,7,9,12,14,16-18,20H2,1-2H3,(H,34,35)/t21-,23+,28?/m1/s1. The highest BCUT2D eigenvalue weighted by Gasteiger charge is 2.31. The van der Waals surface area contributed by atoms with Gasteiger partial charge in [-0.3, -0.25) is 9.78 Å². The number of aliphatic hydroxyl groups is 1. The highest BCUT2D eigenvalue weighted by Crippen LogP contribution is 2.35. The van der Waals surface area contributed by atoms with Gasteiger partial charge in [-0.15, -0.1) is 0 Å². The maximum atomic E-state index is 11.7. The van der Waals surface area contributed by atoms with Gasteiger partial charge in [-0.1, -0.05) is 18.2 Å². The number of aryl methyl sites for hydroxylation is 1. The number of pyridine rings is 1. The Kier molecular flexibility index (Phi) is 9.36. The average molecular weight is 507 g/mol. The number of benzene rings is 2. The first kappa shape index (κ1) is 26.9. The SMILES string of the molecule is COc1ccc2nccc(C(O)CC[C@@H]3CCN(CCCc4ccccc4OC)C[C@@H]3CC(=O)O)c2c1. The second-order valence-corrected chi connectivity index (χ2v) is 10.00. The minimum Gasteiger partial charge on any atom is -0.497 e. The molecule has 1 saturated heterocycles. The summed E-state index contributed by atoms with van der Waals surface area (Å²) >= 11 is 0. The third kappa shape index (κ3) is 6.99. The number of hydrogen-bond acceptors (Lipinski definition) is 6. The number of likely N-dealkylation sites (tertiary alicyclic amines) is 1. The zero-order chi connectivity index (χ0) is 26.2. The molecule has 1 fully saturated rings. The van der Waals surface area contributed by atoms with Crippen molar-refractivity contribution in [1.29, 1.82) is 0 Å². The largest absolute Gasteiger partial charge is 0.497 e. The molecule has 4 rings (SSSR count). The lowest BCUT2D eigenvalue weighted by molar-refractivity contribution is -0.139. The maximum absolute atomic E-state index is 11.7. The Morgan fingerprint density at radius 1 is 1.14 bits per heavy atom. The van der Waals surface area contributed by atoms with Crippen LogP contribution >= 0.6 is 0 Å². The fraction of sp³-hybridized carbons (Fsp3) is 0.467. The van der Waals surface area contributed by atoms with Gasteiger partial charge in [-0.05, 0) is 98.5 Å². The van der Waals surface area contributed by atoms with E-state index < -0.39 is 12.1 Å². The number of nitrogens with zero attached hydrogens (tertiary/aromatic N) is 2. The van der Waals surface area contributed by atoms with Crippen molar-refractivity contribution in [2.75, 3.05) is 33.9 Å². The summed E-state index contributed by atoms with van der Waals surface area (Å²) in [6.07, 6.45) is 5.52. The van der Waals surface area contributed by atoms with Gasteiger partial charge in [0.15, 0.2) is 0 Å². The van der Waals surface area contributed by atoms with E-state index >= 15 is 0 Å². The van der Waals surface area contributed by atoms with Gasteiger partial charge in [0.05, 0.1) is 25.8 Å². The number of hydrogen-bond donors (Lipinski definition) is 2. The summed E-state index contributed by atoms with van der Waals surface area (Å²) in [5, 5.41) is 21.6. The molecule has 3 aromatic rings. The van der Waals surface area contributed by atoms with E-state index in [0.717, 1.165) is 73.3 Å². The summed E-state index contributed by atoms with van der Waals surface area (Å²) in [5.74, 6) is 1.26. The van der Waals surface area contributed by atoms with Crippen LogP contribution in [0.25, 0.3) is 10.9 Å². The molecule has 0 radical (unpaired) electrons. The minimum atomic E-state index is -0.751. The first-order chi connectivity index (χ1) is 18.0. The van der Waals surface area contributed by atoms with Crippen LogP contribution in [0.5, 0.6) is 11.5 Å². The lowest BCUT2D eigenvalue weighted by atomic mass is 9.79. The molecule has 2 aromatic carbocycles. The Morgan fingerprint density at radius 2 is 1.97 bits per heavy atom. The van der Waals surface area contributed by atoms with Crippen molar-refractivity contribution in [3.05, 3.63) is 65.9 Å². The van der Waals surface area contributed by atoms with Crippen LogP contribution in [-0.2, 0) is 11.2 Å². The molecule has 0 bridgehead atoms. The number of piperidine rings is 1. The number of carboxylic acid groups (broad SMARTS) is 1. The van der Waals surface area contributed by atoms with E-state index in [1.807, 2.05) is 42.5 Å². The highest BCUT2D eigenvalue weighted by molar-refractivity contribution is 5.83. The summed E-state index contributed by atoms with van der Waals surface area (Å²) in [4.78, 5) is 18.5.